The number of rotatable bonds is 2. The fourth-order valence-corrected chi connectivity index (χ4v) is 2.85. The van der Waals surface area contributed by atoms with Crippen LogP contribution in [0.4, 0.5) is 23.7 Å². The highest BCUT2D eigenvalue weighted by Crippen LogP contribution is 2.33. The number of benzene rings is 1. The van der Waals surface area contributed by atoms with Crippen LogP contribution in [-0.4, -0.2) is 35.1 Å². The number of nitrogens with zero attached hydrogens (tertiary/aromatic N) is 2. The predicted octanol–water partition coefficient (Wildman–Crippen LogP) is 3.15. The molecule has 1 fully saturated rings. The largest absolute Gasteiger partial charge is 0.481 e. The van der Waals surface area contributed by atoms with E-state index in [-0.39, 0.29) is 18.2 Å². The van der Waals surface area contributed by atoms with Gasteiger partial charge in [0.05, 0.1) is 23.1 Å². The van der Waals surface area contributed by atoms with Crippen molar-refractivity contribution < 1.29 is 27.9 Å². The molecule has 2 N–H and O–H groups in total. The highest BCUT2D eigenvalue weighted by atomic mass is 19.4. The first-order valence-corrected chi connectivity index (χ1v) is 7.52. The number of hydrogen-bond donors (Lipinski definition) is 2. The molecule has 1 heterocycles. The van der Waals surface area contributed by atoms with Crippen LogP contribution in [0.15, 0.2) is 18.2 Å². The van der Waals surface area contributed by atoms with Gasteiger partial charge in [-0.3, -0.25) is 4.79 Å². The molecule has 2 unspecified atom stereocenters. The van der Waals surface area contributed by atoms with E-state index in [1.165, 1.54) is 17.0 Å². The van der Waals surface area contributed by atoms with Crippen molar-refractivity contribution >= 4 is 17.7 Å². The lowest BCUT2D eigenvalue weighted by molar-refractivity contribution is -0.143. The molecule has 0 bridgehead atoms. The van der Waals surface area contributed by atoms with Crippen LogP contribution in [0.1, 0.15) is 24.5 Å². The third kappa shape index (κ3) is 4.41. The summed E-state index contributed by atoms with van der Waals surface area (Å²) in [5.41, 5.74) is -1.78. The Morgan fingerprint density at radius 3 is 2.60 bits per heavy atom. The lowest BCUT2D eigenvalue weighted by atomic mass is 9.91. The molecule has 1 saturated heterocycles. The van der Waals surface area contributed by atoms with Crippen molar-refractivity contribution in [2.24, 2.45) is 11.8 Å². The van der Waals surface area contributed by atoms with Crippen LogP contribution in [0.3, 0.4) is 0 Å². The second kappa shape index (κ2) is 7.01. The molecule has 2 rings (SSSR count). The third-order valence-electron chi connectivity index (χ3n) is 3.99. The highest BCUT2D eigenvalue weighted by molar-refractivity contribution is 5.90. The zero-order valence-electron chi connectivity index (χ0n) is 13.3. The Morgan fingerprint density at radius 2 is 2.04 bits per heavy atom. The molecule has 6 nitrogen and oxygen atoms in total. The van der Waals surface area contributed by atoms with Crippen molar-refractivity contribution in [1.29, 1.82) is 5.26 Å². The Balaban J connectivity index is 2.18. The standard InChI is InChI=1S/C16H16F3N3O3/c1-9-4-11(14(23)24)8-22(7-9)15(25)21-12-3-2-10(6-20)13(5-12)16(17,18)19/h2-3,5,9,11H,4,7-8H2,1H3,(H,21,25)(H,23,24). The van der Waals surface area contributed by atoms with Gasteiger partial charge in [0.2, 0.25) is 0 Å². The van der Waals surface area contributed by atoms with Crippen LogP contribution >= 0.6 is 0 Å². The number of alkyl halides is 3. The van der Waals surface area contributed by atoms with Crippen LogP contribution in [0, 0.1) is 23.2 Å². The van der Waals surface area contributed by atoms with E-state index >= 15 is 0 Å². The van der Waals surface area contributed by atoms with Gasteiger partial charge in [-0.05, 0) is 30.5 Å². The van der Waals surface area contributed by atoms with E-state index in [2.05, 4.69) is 5.32 Å². The second-order valence-corrected chi connectivity index (χ2v) is 6.08. The summed E-state index contributed by atoms with van der Waals surface area (Å²) in [7, 11) is 0. The lowest BCUT2D eigenvalue weighted by Gasteiger charge is -2.34. The van der Waals surface area contributed by atoms with E-state index < -0.39 is 35.2 Å². The van der Waals surface area contributed by atoms with Crippen LogP contribution < -0.4 is 5.32 Å². The number of carbonyl (C=O) groups is 2. The maximum atomic E-state index is 13.0. The SMILES string of the molecule is CC1CC(C(=O)O)CN(C(=O)Nc2ccc(C#N)c(C(F)(F)F)c2)C1. The number of hydrogen-bond acceptors (Lipinski definition) is 3. The van der Waals surface area contributed by atoms with Crippen molar-refractivity contribution in [3.63, 3.8) is 0 Å². The summed E-state index contributed by atoms with van der Waals surface area (Å²) in [5.74, 6) is -1.75. The second-order valence-electron chi connectivity index (χ2n) is 6.08. The average molecular weight is 355 g/mol. The summed E-state index contributed by atoms with van der Waals surface area (Å²) < 4.78 is 38.9. The summed E-state index contributed by atoms with van der Waals surface area (Å²) in [6.07, 6.45) is -4.28. The number of carboxylic acids is 1. The fourth-order valence-electron chi connectivity index (χ4n) is 2.85. The van der Waals surface area contributed by atoms with Gasteiger partial charge in [0.25, 0.3) is 0 Å². The molecule has 0 aromatic heterocycles. The Hall–Kier alpha value is -2.76. The molecule has 25 heavy (non-hydrogen) atoms. The number of aliphatic carboxylic acids is 1. The number of anilines is 1. The monoisotopic (exact) mass is 355 g/mol. The van der Waals surface area contributed by atoms with Gasteiger partial charge in [-0.15, -0.1) is 0 Å². The summed E-state index contributed by atoms with van der Waals surface area (Å²) >= 11 is 0. The third-order valence-corrected chi connectivity index (χ3v) is 3.99. The molecular weight excluding hydrogens is 339 g/mol. The molecule has 0 aliphatic carbocycles. The number of nitrogens with one attached hydrogen (secondary N) is 1. The van der Waals surface area contributed by atoms with Crippen LogP contribution in [0.2, 0.25) is 0 Å². The Bertz CT molecular complexity index is 728. The molecule has 1 aromatic carbocycles. The van der Waals surface area contributed by atoms with E-state index in [1.807, 2.05) is 0 Å². The minimum atomic E-state index is -4.72. The van der Waals surface area contributed by atoms with Gasteiger partial charge in [-0.2, -0.15) is 18.4 Å². The van der Waals surface area contributed by atoms with Gasteiger partial charge in [0.1, 0.15) is 0 Å². The molecule has 1 aromatic rings. The maximum Gasteiger partial charge on any atom is 0.417 e. The molecule has 0 saturated carbocycles. The Kier molecular flexibility index (Phi) is 5.21. The maximum absolute atomic E-state index is 13.0. The first kappa shape index (κ1) is 18.6. The van der Waals surface area contributed by atoms with Crippen molar-refractivity contribution in [2.75, 3.05) is 18.4 Å². The van der Waals surface area contributed by atoms with Gasteiger partial charge < -0.3 is 15.3 Å². The van der Waals surface area contributed by atoms with E-state index in [0.717, 1.165) is 6.07 Å². The number of urea groups is 1. The molecule has 0 spiro atoms. The zero-order valence-corrected chi connectivity index (χ0v) is 13.3. The van der Waals surface area contributed by atoms with Gasteiger partial charge >= 0.3 is 18.2 Å². The summed E-state index contributed by atoms with van der Waals surface area (Å²) in [6, 6.07) is 3.67. The van der Waals surface area contributed by atoms with E-state index in [9.17, 15) is 22.8 Å². The molecule has 0 radical (unpaired) electrons. The highest BCUT2D eigenvalue weighted by Gasteiger charge is 2.35. The fraction of sp³-hybridized carbons (Fsp3) is 0.438. The van der Waals surface area contributed by atoms with Crippen LogP contribution in [-0.2, 0) is 11.0 Å². The number of carboxylic acid groups (broad SMARTS) is 1. The first-order valence-electron chi connectivity index (χ1n) is 7.52. The molecule has 2 amide bonds. The van der Waals surface area contributed by atoms with Crippen molar-refractivity contribution in [2.45, 2.75) is 19.5 Å². The van der Waals surface area contributed by atoms with E-state index in [0.29, 0.717) is 19.0 Å². The lowest BCUT2D eigenvalue weighted by Crippen LogP contribution is -2.47. The topological polar surface area (TPSA) is 93.4 Å². The summed E-state index contributed by atoms with van der Waals surface area (Å²) in [4.78, 5) is 24.7. The number of likely N-dealkylation sites (tertiary alicyclic amines) is 1. The van der Waals surface area contributed by atoms with Gasteiger partial charge in [-0.1, -0.05) is 6.92 Å². The minimum Gasteiger partial charge on any atom is -0.481 e. The van der Waals surface area contributed by atoms with Crippen LogP contribution in [0.25, 0.3) is 0 Å². The Morgan fingerprint density at radius 1 is 1.36 bits per heavy atom. The van der Waals surface area contributed by atoms with Gasteiger partial charge in [0.15, 0.2) is 0 Å². The molecule has 2 atom stereocenters. The smallest absolute Gasteiger partial charge is 0.417 e. The molecule has 1 aliphatic rings. The summed E-state index contributed by atoms with van der Waals surface area (Å²) in [5, 5.41) is 20.2. The Labute approximate surface area is 141 Å². The number of carbonyl (C=O) groups excluding carboxylic acids is 1. The van der Waals surface area contributed by atoms with Gasteiger partial charge in [0, 0.05) is 18.8 Å². The molecule has 9 heteroatoms. The summed E-state index contributed by atoms with van der Waals surface area (Å²) in [6.45, 7) is 2.12. The predicted molar refractivity (Wildman–Crippen MR) is 81.7 cm³/mol. The van der Waals surface area contributed by atoms with E-state index in [1.54, 1.807) is 6.92 Å². The number of piperidine rings is 1. The normalized spacial score (nSPS) is 20.7. The van der Waals surface area contributed by atoms with E-state index in [4.69, 9.17) is 10.4 Å². The molecule has 134 valence electrons. The van der Waals surface area contributed by atoms with Crippen molar-refractivity contribution in [3.05, 3.63) is 29.3 Å². The van der Waals surface area contributed by atoms with Crippen molar-refractivity contribution in [1.82, 2.24) is 4.90 Å². The minimum absolute atomic E-state index is 0.00604. The van der Waals surface area contributed by atoms with Gasteiger partial charge in [-0.25, -0.2) is 4.79 Å². The molecule has 1 aliphatic heterocycles. The molecular formula is C16H16F3N3O3. The quantitative estimate of drug-likeness (QED) is 0.852. The van der Waals surface area contributed by atoms with Crippen LogP contribution in [0.5, 0.6) is 0 Å². The number of halogens is 3. The zero-order chi connectivity index (χ0) is 18.8. The average Bonchev–Trinajstić information content (AvgIpc) is 2.53. The number of amides is 2. The van der Waals surface area contributed by atoms with Crippen molar-refractivity contribution in [3.8, 4) is 6.07 Å². The first-order chi connectivity index (χ1) is 11.6. The number of nitriles is 1.